The summed E-state index contributed by atoms with van der Waals surface area (Å²) in [6, 6.07) is 0. The molecule has 0 spiro atoms. The molecular weight excluding hydrogens is 624 g/mol. The van der Waals surface area contributed by atoms with Gasteiger partial charge in [0.15, 0.2) is 6.10 Å². The van der Waals surface area contributed by atoms with Crippen molar-refractivity contribution in [1.29, 1.82) is 0 Å². The van der Waals surface area contributed by atoms with Crippen LogP contribution in [0.5, 0.6) is 0 Å². The summed E-state index contributed by atoms with van der Waals surface area (Å²) in [5.41, 5.74) is 0. The molecule has 0 N–H and O–H groups in total. The number of unbranched alkanes of at least 4 members (excludes halogenated alkanes) is 29. The average Bonchev–Trinajstić information content (AvgIpc) is 3.11. The molecule has 296 valence electrons. The Morgan fingerprint density at radius 1 is 0.320 bits per heavy atom. The van der Waals surface area contributed by atoms with Gasteiger partial charge in [0.2, 0.25) is 0 Å². The molecule has 0 radical (unpaired) electrons. The van der Waals surface area contributed by atoms with Gasteiger partial charge in [-0.15, -0.1) is 0 Å². The first-order valence-corrected chi connectivity index (χ1v) is 22.0. The molecule has 0 aliphatic heterocycles. The van der Waals surface area contributed by atoms with E-state index < -0.39 is 6.10 Å². The van der Waals surface area contributed by atoms with E-state index in [0.717, 1.165) is 57.8 Å². The zero-order chi connectivity index (χ0) is 36.6. The normalized spacial score (nSPS) is 11.8. The molecule has 0 aromatic carbocycles. The summed E-state index contributed by atoms with van der Waals surface area (Å²) in [6.45, 7) is 6.60. The molecule has 50 heavy (non-hydrogen) atoms. The molecule has 6 nitrogen and oxygen atoms in total. The third-order valence-corrected chi connectivity index (χ3v) is 9.86. The van der Waals surface area contributed by atoms with Gasteiger partial charge in [0.25, 0.3) is 0 Å². The Morgan fingerprint density at radius 2 is 0.540 bits per heavy atom. The smallest absolute Gasteiger partial charge is 0.306 e. The number of rotatable bonds is 40. The summed E-state index contributed by atoms with van der Waals surface area (Å²) in [7, 11) is 0. The summed E-state index contributed by atoms with van der Waals surface area (Å²) in [6.07, 6.45) is 39.5. The lowest BCUT2D eigenvalue weighted by Crippen LogP contribution is -2.30. The van der Waals surface area contributed by atoms with Gasteiger partial charge in [-0.3, -0.25) is 14.4 Å². The molecular formula is C44H84O6. The van der Waals surface area contributed by atoms with E-state index in [4.69, 9.17) is 14.2 Å². The number of ether oxygens (including phenoxy) is 3. The second-order valence-electron chi connectivity index (χ2n) is 15.0. The summed E-state index contributed by atoms with van der Waals surface area (Å²) < 4.78 is 16.6. The van der Waals surface area contributed by atoms with E-state index in [1.54, 1.807) is 0 Å². The maximum atomic E-state index is 12.6. The van der Waals surface area contributed by atoms with Crippen molar-refractivity contribution in [2.75, 3.05) is 13.2 Å². The highest BCUT2D eigenvalue weighted by Gasteiger charge is 2.19. The predicted molar refractivity (Wildman–Crippen MR) is 210 cm³/mol. The van der Waals surface area contributed by atoms with E-state index in [9.17, 15) is 14.4 Å². The van der Waals surface area contributed by atoms with Crippen LogP contribution >= 0.6 is 0 Å². The van der Waals surface area contributed by atoms with Gasteiger partial charge in [0, 0.05) is 19.3 Å². The molecule has 0 bridgehead atoms. The summed E-state index contributed by atoms with van der Waals surface area (Å²) in [4.78, 5) is 37.5. The first kappa shape index (κ1) is 48.4. The maximum Gasteiger partial charge on any atom is 0.306 e. The van der Waals surface area contributed by atoms with Crippen LogP contribution in [0.4, 0.5) is 0 Å². The molecule has 0 heterocycles. The Labute approximate surface area is 310 Å². The average molecular weight is 709 g/mol. The standard InChI is InChI=1S/C44H84O6/c1-4-7-10-13-16-18-20-21-22-23-24-26-29-31-34-37-43(46)49-40-41(50-44(47)38-35-32-27-15-12-9-6-3)39-48-42(45)36-33-30-28-25-19-17-14-11-8-5-2/h41H,4-40H2,1-3H3/t41-/m1/s1. The Bertz CT molecular complexity index is 738. The van der Waals surface area contributed by atoms with Gasteiger partial charge in [-0.1, -0.05) is 207 Å². The van der Waals surface area contributed by atoms with Crippen LogP contribution in [0.25, 0.3) is 0 Å². The molecule has 0 fully saturated rings. The SMILES string of the molecule is CCCCCCCCCCCCCCCCCC(=O)OC[C@@H](COC(=O)CCCCCCCCCCCC)OC(=O)CCCCCCCCC. The lowest BCUT2D eigenvalue weighted by molar-refractivity contribution is -0.167. The predicted octanol–water partition coefficient (Wildman–Crippen LogP) is 13.7. The van der Waals surface area contributed by atoms with E-state index in [1.807, 2.05) is 0 Å². The molecule has 0 aliphatic carbocycles. The second-order valence-corrected chi connectivity index (χ2v) is 15.0. The quantitative estimate of drug-likeness (QED) is 0.0358. The molecule has 0 amide bonds. The van der Waals surface area contributed by atoms with Crippen LogP contribution in [0.2, 0.25) is 0 Å². The molecule has 1 atom stereocenters. The summed E-state index contributed by atoms with van der Waals surface area (Å²) in [5.74, 6) is -0.862. The highest BCUT2D eigenvalue weighted by molar-refractivity contribution is 5.71. The molecule has 0 aromatic heterocycles. The largest absolute Gasteiger partial charge is 0.462 e. The van der Waals surface area contributed by atoms with Crippen LogP contribution in [0, 0.1) is 0 Å². The van der Waals surface area contributed by atoms with Gasteiger partial charge in [-0.05, 0) is 19.3 Å². The molecule has 0 aliphatic rings. The molecule has 6 heteroatoms. The highest BCUT2D eigenvalue weighted by Crippen LogP contribution is 2.15. The Hall–Kier alpha value is -1.59. The number of esters is 3. The highest BCUT2D eigenvalue weighted by atomic mass is 16.6. The Morgan fingerprint density at radius 3 is 0.800 bits per heavy atom. The maximum absolute atomic E-state index is 12.6. The van der Waals surface area contributed by atoms with E-state index in [2.05, 4.69) is 20.8 Å². The third kappa shape index (κ3) is 37.7. The summed E-state index contributed by atoms with van der Waals surface area (Å²) >= 11 is 0. The van der Waals surface area contributed by atoms with Crippen molar-refractivity contribution in [3.63, 3.8) is 0 Å². The van der Waals surface area contributed by atoms with Gasteiger partial charge < -0.3 is 14.2 Å². The molecule has 0 rings (SSSR count). The van der Waals surface area contributed by atoms with Gasteiger partial charge in [-0.25, -0.2) is 0 Å². The Balaban J connectivity index is 4.22. The van der Waals surface area contributed by atoms with Gasteiger partial charge in [-0.2, -0.15) is 0 Å². The molecule has 0 aromatic rings. The van der Waals surface area contributed by atoms with Gasteiger partial charge in [0.1, 0.15) is 13.2 Å². The van der Waals surface area contributed by atoms with Crippen LogP contribution in [-0.2, 0) is 28.6 Å². The van der Waals surface area contributed by atoms with Crippen molar-refractivity contribution in [3.8, 4) is 0 Å². The summed E-state index contributed by atoms with van der Waals surface area (Å²) in [5, 5.41) is 0. The lowest BCUT2D eigenvalue weighted by atomic mass is 10.0. The monoisotopic (exact) mass is 709 g/mol. The number of carbonyl (C=O) groups is 3. The molecule has 0 saturated carbocycles. The minimum Gasteiger partial charge on any atom is -0.462 e. The fourth-order valence-electron chi connectivity index (χ4n) is 6.50. The fraction of sp³-hybridized carbons (Fsp3) is 0.932. The number of carbonyl (C=O) groups excluding carboxylic acids is 3. The van der Waals surface area contributed by atoms with E-state index >= 15 is 0 Å². The second kappa shape index (κ2) is 40.2. The van der Waals surface area contributed by atoms with Crippen molar-refractivity contribution in [2.45, 2.75) is 252 Å². The lowest BCUT2D eigenvalue weighted by Gasteiger charge is -2.18. The third-order valence-electron chi connectivity index (χ3n) is 9.86. The van der Waals surface area contributed by atoms with Crippen molar-refractivity contribution in [2.24, 2.45) is 0 Å². The van der Waals surface area contributed by atoms with Crippen LogP contribution in [-0.4, -0.2) is 37.2 Å². The van der Waals surface area contributed by atoms with Gasteiger partial charge >= 0.3 is 17.9 Å². The number of hydrogen-bond acceptors (Lipinski definition) is 6. The first-order valence-electron chi connectivity index (χ1n) is 22.0. The molecule has 0 unspecified atom stereocenters. The topological polar surface area (TPSA) is 78.9 Å². The van der Waals surface area contributed by atoms with Crippen molar-refractivity contribution in [3.05, 3.63) is 0 Å². The van der Waals surface area contributed by atoms with Crippen molar-refractivity contribution >= 4 is 17.9 Å². The van der Waals surface area contributed by atoms with E-state index in [-0.39, 0.29) is 31.1 Å². The van der Waals surface area contributed by atoms with Crippen LogP contribution in [0.15, 0.2) is 0 Å². The number of hydrogen-bond donors (Lipinski definition) is 0. The van der Waals surface area contributed by atoms with E-state index in [0.29, 0.717) is 19.3 Å². The fourth-order valence-corrected chi connectivity index (χ4v) is 6.50. The van der Waals surface area contributed by atoms with E-state index in [1.165, 1.54) is 148 Å². The van der Waals surface area contributed by atoms with Crippen LogP contribution in [0.1, 0.15) is 245 Å². The zero-order valence-electron chi connectivity index (χ0n) is 33.7. The minimum absolute atomic E-state index is 0.0636. The zero-order valence-corrected chi connectivity index (χ0v) is 33.7. The van der Waals surface area contributed by atoms with Crippen LogP contribution < -0.4 is 0 Å². The molecule has 0 saturated heterocycles. The van der Waals surface area contributed by atoms with Crippen molar-refractivity contribution < 1.29 is 28.6 Å². The van der Waals surface area contributed by atoms with Crippen molar-refractivity contribution in [1.82, 2.24) is 0 Å². The minimum atomic E-state index is -0.756. The van der Waals surface area contributed by atoms with Crippen LogP contribution in [0.3, 0.4) is 0 Å². The first-order chi connectivity index (χ1) is 24.5. The van der Waals surface area contributed by atoms with Gasteiger partial charge in [0.05, 0.1) is 0 Å². The Kier molecular flexibility index (Phi) is 38.9.